The maximum absolute atomic E-state index is 11.8. The van der Waals surface area contributed by atoms with Crippen LogP contribution in [0, 0.1) is 12.3 Å². The highest BCUT2D eigenvalue weighted by Crippen LogP contribution is 2.16. The summed E-state index contributed by atoms with van der Waals surface area (Å²) in [6.07, 6.45) is 6.82. The Kier molecular flexibility index (Phi) is 4.38. The number of hydrogen-bond acceptors (Lipinski definition) is 4. The predicted octanol–water partition coefficient (Wildman–Crippen LogP) is 2.19. The number of thiazole rings is 1. The van der Waals surface area contributed by atoms with Crippen LogP contribution in [-0.4, -0.2) is 17.1 Å². The van der Waals surface area contributed by atoms with Crippen LogP contribution in [0.2, 0.25) is 0 Å². The van der Waals surface area contributed by atoms with Crippen LogP contribution in [0.25, 0.3) is 10.2 Å². The third-order valence-corrected chi connectivity index (χ3v) is 3.68. The zero-order valence-corrected chi connectivity index (χ0v) is 11.8. The van der Waals surface area contributed by atoms with Gasteiger partial charge in [-0.2, -0.15) is 0 Å². The molecular weight excluding hydrogens is 274 g/mol. The van der Waals surface area contributed by atoms with Gasteiger partial charge in [0.1, 0.15) is 13.2 Å². The summed E-state index contributed by atoms with van der Waals surface area (Å²) < 4.78 is 7.30. The van der Waals surface area contributed by atoms with E-state index in [1.807, 2.05) is 24.3 Å². The highest BCUT2D eigenvalue weighted by atomic mass is 32.1. The molecule has 1 aromatic heterocycles. The second kappa shape index (κ2) is 6.22. The molecular formula is C15H13NO3S. The van der Waals surface area contributed by atoms with E-state index in [1.54, 1.807) is 13.0 Å². The Hall–Kier alpha value is -2.32. The van der Waals surface area contributed by atoms with Crippen LogP contribution in [0.15, 0.2) is 40.7 Å². The van der Waals surface area contributed by atoms with Crippen LogP contribution in [0.3, 0.4) is 0 Å². The molecule has 0 amide bonds. The monoisotopic (exact) mass is 287 g/mol. The number of carbonyl (C=O) groups excluding carboxylic acids is 1. The van der Waals surface area contributed by atoms with Gasteiger partial charge in [0.15, 0.2) is 0 Å². The molecule has 0 bridgehead atoms. The highest BCUT2D eigenvalue weighted by Gasteiger charge is 2.11. The SMILES string of the molecule is C#CC(C)=CCOC(=O)Cn1c(=O)sc2ccccc21. The molecule has 0 aliphatic carbocycles. The van der Waals surface area contributed by atoms with Crippen LogP contribution in [0.5, 0.6) is 0 Å². The largest absolute Gasteiger partial charge is 0.460 e. The smallest absolute Gasteiger partial charge is 0.326 e. The van der Waals surface area contributed by atoms with Crippen molar-refractivity contribution >= 4 is 27.5 Å². The number of nitrogens with zero attached hydrogens (tertiary/aromatic N) is 1. The second-order valence-corrected chi connectivity index (χ2v) is 5.13. The van der Waals surface area contributed by atoms with Gasteiger partial charge in [0.05, 0.1) is 10.2 Å². The van der Waals surface area contributed by atoms with Gasteiger partial charge in [0, 0.05) is 0 Å². The summed E-state index contributed by atoms with van der Waals surface area (Å²) in [4.78, 5) is 23.4. The highest BCUT2D eigenvalue weighted by molar-refractivity contribution is 7.16. The molecule has 0 unspecified atom stereocenters. The number of terminal acetylenes is 1. The number of benzene rings is 1. The van der Waals surface area contributed by atoms with Crippen molar-refractivity contribution in [3.8, 4) is 12.3 Å². The van der Waals surface area contributed by atoms with Gasteiger partial charge in [-0.3, -0.25) is 14.2 Å². The van der Waals surface area contributed by atoms with Crippen LogP contribution >= 0.6 is 11.3 Å². The van der Waals surface area contributed by atoms with Gasteiger partial charge in [-0.25, -0.2) is 0 Å². The topological polar surface area (TPSA) is 48.3 Å². The van der Waals surface area contributed by atoms with E-state index in [9.17, 15) is 9.59 Å². The standard InChI is InChI=1S/C15H13NO3S/c1-3-11(2)8-9-19-14(17)10-16-12-6-4-5-7-13(12)20-15(16)18/h1,4-8H,9-10H2,2H3. The van der Waals surface area contributed by atoms with Crippen molar-refractivity contribution in [1.82, 2.24) is 4.57 Å². The molecule has 0 fully saturated rings. The van der Waals surface area contributed by atoms with Gasteiger partial charge in [-0.05, 0) is 30.7 Å². The number of carbonyl (C=O) groups is 1. The molecule has 4 nitrogen and oxygen atoms in total. The summed E-state index contributed by atoms with van der Waals surface area (Å²) in [5.41, 5.74) is 1.45. The van der Waals surface area contributed by atoms with Gasteiger partial charge >= 0.3 is 10.8 Å². The first-order valence-electron chi connectivity index (χ1n) is 5.99. The number of ether oxygens (including phenoxy) is 1. The molecule has 2 aromatic rings. The van der Waals surface area contributed by atoms with Crippen molar-refractivity contribution in [2.45, 2.75) is 13.5 Å². The second-order valence-electron chi connectivity index (χ2n) is 4.14. The van der Waals surface area contributed by atoms with Gasteiger partial charge in [-0.1, -0.05) is 29.4 Å². The van der Waals surface area contributed by atoms with E-state index in [-0.39, 0.29) is 18.0 Å². The van der Waals surface area contributed by atoms with Crippen molar-refractivity contribution < 1.29 is 9.53 Å². The number of fused-ring (bicyclic) bond motifs is 1. The first-order chi connectivity index (χ1) is 9.61. The van der Waals surface area contributed by atoms with Crippen LogP contribution in [0.1, 0.15) is 6.92 Å². The predicted molar refractivity (Wildman–Crippen MR) is 79.6 cm³/mol. The lowest BCUT2D eigenvalue weighted by Crippen LogP contribution is -2.21. The van der Waals surface area contributed by atoms with Gasteiger partial charge in [0.2, 0.25) is 0 Å². The molecule has 0 radical (unpaired) electrons. The quantitative estimate of drug-likeness (QED) is 0.639. The zero-order chi connectivity index (χ0) is 14.5. The molecule has 102 valence electrons. The molecule has 1 heterocycles. The van der Waals surface area contributed by atoms with E-state index < -0.39 is 5.97 Å². The minimum absolute atomic E-state index is 0.0915. The Morgan fingerprint density at radius 2 is 2.25 bits per heavy atom. The van der Waals surface area contributed by atoms with Gasteiger partial charge in [0.25, 0.3) is 0 Å². The normalized spacial score (nSPS) is 11.3. The lowest BCUT2D eigenvalue weighted by atomic mass is 10.3. The number of aromatic nitrogens is 1. The molecule has 20 heavy (non-hydrogen) atoms. The number of para-hydroxylation sites is 1. The number of hydrogen-bond donors (Lipinski definition) is 0. The summed E-state index contributed by atoms with van der Waals surface area (Å²) in [7, 11) is 0. The van der Waals surface area contributed by atoms with Crippen molar-refractivity contribution in [1.29, 1.82) is 0 Å². The van der Waals surface area contributed by atoms with E-state index in [0.717, 1.165) is 21.6 Å². The zero-order valence-electron chi connectivity index (χ0n) is 11.0. The average Bonchev–Trinajstić information content (AvgIpc) is 2.75. The molecule has 0 aliphatic rings. The average molecular weight is 287 g/mol. The Morgan fingerprint density at radius 3 is 3.00 bits per heavy atom. The molecule has 0 saturated carbocycles. The maximum Gasteiger partial charge on any atom is 0.326 e. The third-order valence-electron chi connectivity index (χ3n) is 2.72. The van der Waals surface area contributed by atoms with E-state index >= 15 is 0 Å². The molecule has 0 saturated heterocycles. The summed E-state index contributed by atoms with van der Waals surface area (Å²) in [5.74, 6) is 1.97. The van der Waals surface area contributed by atoms with Crippen molar-refractivity contribution in [3.05, 3.63) is 45.6 Å². The van der Waals surface area contributed by atoms with Gasteiger partial charge < -0.3 is 4.74 Å². The Balaban J connectivity index is 2.09. The van der Waals surface area contributed by atoms with Crippen molar-refractivity contribution in [2.75, 3.05) is 6.61 Å². The van der Waals surface area contributed by atoms with E-state index in [4.69, 9.17) is 11.2 Å². The third kappa shape index (κ3) is 3.16. The van der Waals surface area contributed by atoms with E-state index in [0.29, 0.717) is 5.57 Å². The molecule has 0 spiro atoms. The lowest BCUT2D eigenvalue weighted by Gasteiger charge is -2.04. The van der Waals surface area contributed by atoms with Crippen LogP contribution in [-0.2, 0) is 16.1 Å². The van der Waals surface area contributed by atoms with Crippen molar-refractivity contribution in [2.24, 2.45) is 0 Å². The number of rotatable bonds is 4. The van der Waals surface area contributed by atoms with Crippen LogP contribution < -0.4 is 4.87 Å². The molecule has 0 atom stereocenters. The first kappa shape index (κ1) is 14.1. The Morgan fingerprint density at radius 1 is 1.50 bits per heavy atom. The molecule has 2 rings (SSSR count). The van der Waals surface area contributed by atoms with Crippen molar-refractivity contribution in [3.63, 3.8) is 0 Å². The van der Waals surface area contributed by atoms with E-state index in [2.05, 4.69) is 5.92 Å². The minimum Gasteiger partial charge on any atom is -0.460 e. The maximum atomic E-state index is 11.8. The summed E-state index contributed by atoms with van der Waals surface area (Å²) in [6, 6.07) is 7.34. The summed E-state index contributed by atoms with van der Waals surface area (Å²) in [6.45, 7) is 1.78. The molecule has 0 aliphatic heterocycles. The first-order valence-corrected chi connectivity index (χ1v) is 6.81. The summed E-state index contributed by atoms with van der Waals surface area (Å²) in [5, 5.41) is 0. The fourth-order valence-electron chi connectivity index (χ4n) is 1.66. The minimum atomic E-state index is -0.461. The number of esters is 1. The van der Waals surface area contributed by atoms with Gasteiger partial charge in [-0.15, -0.1) is 6.42 Å². The Bertz CT molecular complexity index is 761. The molecule has 1 aromatic carbocycles. The fraction of sp³-hybridized carbons (Fsp3) is 0.200. The van der Waals surface area contributed by atoms with E-state index in [1.165, 1.54) is 4.57 Å². The Labute approximate surface area is 120 Å². The summed E-state index contributed by atoms with van der Waals surface area (Å²) >= 11 is 1.11. The lowest BCUT2D eigenvalue weighted by molar-refractivity contribution is -0.143. The fourth-order valence-corrected chi connectivity index (χ4v) is 2.55. The molecule has 0 N–H and O–H groups in total. The molecule has 5 heteroatoms. The number of allylic oxidation sites excluding steroid dienone is 1. The van der Waals surface area contributed by atoms with Crippen LogP contribution in [0.4, 0.5) is 0 Å².